The maximum Gasteiger partial charge on any atom is 0.254 e. The second-order valence-corrected chi connectivity index (χ2v) is 5.21. The number of H-pyrrole nitrogens is 1. The molecule has 0 spiro atoms. The van der Waals surface area contributed by atoms with Crippen LogP contribution in [-0.4, -0.2) is 39.1 Å². The predicted octanol–water partition coefficient (Wildman–Crippen LogP) is 0.816. The minimum atomic E-state index is -0.265. The van der Waals surface area contributed by atoms with Crippen LogP contribution in [0.25, 0.3) is 0 Å². The van der Waals surface area contributed by atoms with E-state index in [0.717, 1.165) is 18.9 Å². The first kappa shape index (κ1) is 10.8. The molecule has 17 heavy (non-hydrogen) atoms. The van der Waals surface area contributed by atoms with Crippen LogP contribution >= 0.6 is 0 Å². The highest BCUT2D eigenvalue weighted by Gasteiger charge is 2.39. The standard InChI is InChI=1S/C12H17N3O2/c1-15-8-2-3-9(15)5-7(4-8)12-13-10(16)6-11(17)14-12/h6-9H,2-5H2,1H3,(H2,13,14,16,17). The monoisotopic (exact) mass is 235 g/mol. The Kier molecular flexibility index (Phi) is 2.43. The minimum absolute atomic E-state index is 0.171. The van der Waals surface area contributed by atoms with Crippen molar-refractivity contribution in [2.75, 3.05) is 7.05 Å². The van der Waals surface area contributed by atoms with Crippen molar-refractivity contribution in [3.63, 3.8) is 0 Å². The molecule has 2 fully saturated rings. The fourth-order valence-corrected chi connectivity index (χ4v) is 3.29. The van der Waals surface area contributed by atoms with Crippen molar-refractivity contribution in [3.8, 4) is 5.88 Å². The van der Waals surface area contributed by atoms with Gasteiger partial charge in [-0.1, -0.05) is 0 Å². The van der Waals surface area contributed by atoms with E-state index in [0.29, 0.717) is 17.9 Å². The van der Waals surface area contributed by atoms with Crippen LogP contribution in [0.4, 0.5) is 0 Å². The van der Waals surface area contributed by atoms with Crippen LogP contribution < -0.4 is 5.56 Å². The summed E-state index contributed by atoms with van der Waals surface area (Å²) in [5, 5.41) is 9.38. The highest BCUT2D eigenvalue weighted by molar-refractivity contribution is 5.12. The van der Waals surface area contributed by atoms with Crippen LogP contribution in [0, 0.1) is 0 Å². The fourth-order valence-electron chi connectivity index (χ4n) is 3.29. The molecule has 92 valence electrons. The number of nitrogens with one attached hydrogen (secondary N) is 1. The maximum absolute atomic E-state index is 11.3. The highest BCUT2D eigenvalue weighted by Crippen LogP contribution is 2.40. The minimum Gasteiger partial charge on any atom is -0.493 e. The zero-order chi connectivity index (χ0) is 12.0. The molecule has 2 atom stereocenters. The van der Waals surface area contributed by atoms with Gasteiger partial charge in [0.2, 0.25) is 5.88 Å². The van der Waals surface area contributed by atoms with Crippen LogP contribution in [0.2, 0.25) is 0 Å². The van der Waals surface area contributed by atoms with Crippen molar-refractivity contribution in [1.29, 1.82) is 0 Å². The number of aromatic amines is 1. The predicted molar refractivity (Wildman–Crippen MR) is 63.1 cm³/mol. The van der Waals surface area contributed by atoms with Crippen molar-refractivity contribution in [2.24, 2.45) is 0 Å². The van der Waals surface area contributed by atoms with Gasteiger partial charge in [-0.15, -0.1) is 0 Å². The zero-order valence-corrected chi connectivity index (χ0v) is 9.89. The third kappa shape index (κ3) is 1.84. The quantitative estimate of drug-likeness (QED) is 0.756. The van der Waals surface area contributed by atoms with Gasteiger partial charge in [-0.2, -0.15) is 0 Å². The van der Waals surface area contributed by atoms with Gasteiger partial charge in [0.05, 0.1) is 6.07 Å². The molecule has 5 nitrogen and oxygen atoms in total. The molecule has 0 aliphatic carbocycles. The number of hydrogen-bond acceptors (Lipinski definition) is 4. The Morgan fingerprint density at radius 3 is 2.65 bits per heavy atom. The van der Waals surface area contributed by atoms with Gasteiger partial charge in [0.25, 0.3) is 5.56 Å². The molecule has 0 radical (unpaired) electrons. The van der Waals surface area contributed by atoms with E-state index in [1.807, 2.05) is 0 Å². The van der Waals surface area contributed by atoms with Crippen LogP contribution in [0.3, 0.4) is 0 Å². The summed E-state index contributed by atoms with van der Waals surface area (Å²) in [6.45, 7) is 0. The molecule has 2 N–H and O–H groups in total. The maximum atomic E-state index is 11.3. The first-order valence-electron chi connectivity index (χ1n) is 6.15. The third-order valence-corrected chi connectivity index (χ3v) is 4.23. The van der Waals surface area contributed by atoms with E-state index in [-0.39, 0.29) is 17.4 Å². The number of aromatic nitrogens is 2. The molecule has 2 aliphatic heterocycles. The summed E-state index contributed by atoms with van der Waals surface area (Å²) in [7, 11) is 2.18. The van der Waals surface area contributed by atoms with Gasteiger partial charge >= 0.3 is 0 Å². The zero-order valence-electron chi connectivity index (χ0n) is 9.89. The molecule has 0 amide bonds. The van der Waals surface area contributed by atoms with Crippen molar-refractivity contribution in [2.45, 2.75) is 43.7 Å². The van der Waals surface area contributed by atoms with Crippen molar-refractivity contribution in [3.05, 3.63) is 22.2 Å². The SMILES string of the molecule is CN1C2CCC1CC(c1nc(O)cc(=O)[nH]1)C2. The van der Waals surface area contributed by atoms with Gasteiger partial charge in [-0.25, -0.2) is 4.98 Å². The molecule has 0 saturated carbocycles. The third-order valence-electron chi connectivity index (χ3n) is 4.23. The summed E-state index contributed by atoms with van der Waals surface area (Å²) in [5.74, 6) is 0.763. The summed E-state index contributed by atoms with van der Waals surface area (Å²) in [6.07, 6.45) is 4.53. The summed E-state index contributed by atoms with van der Waals surface area (Å²) in [6, 6.07) is 2.32. The molecule has 0 aromatic carbocycles. The van der Waals surface area contributed by atoms with Gasteiger partial charge in [-0.3, -0.25) is 4.79 Å². The molecule has 2 aliphatic rings. The summed E-state index contributed by atoms with van der Waals surface area (Å²) < 4.78 is 0. The first-order chi connectivity index (χ1) is 8.13. The lowest BCUT2D eigenvalue weighted by molar-refractivity contribution is 0.158. The van der Waals surface area contributed by atoms with Crippen LogP contribution in [0.5, 0.6) is 5.88 Å². The first-order valence-corrected chi connectivity index (χ1v) is 6.15. The molecule has 2 unspecified atom stereocenters. The molecule has 3 rings (SSSR count). The molecular weight excluding hydrogens is 218 g/mol. The number of aromatic hydroxyl groups is 1. The number of nitrogens with zero attached hydrogens (tertiary/aromatic N) is 2. The van der Waals surface area contributed by atoms with Crippen LogP contribution in [0.1, 0.15) is 37.4 Å². The molecule has 1 aromatic rings. The summed E-state index contributed by atoms with van der Waals surface area (Å²) >= 11 is 0. The van der Waals surface area contributed by atoms with E-state index < -0.39 is 0 Å². The second-order valence-electron chi connectivity index (χ2n) is 5.21. The van der Waals surface area contributed by atoms with Crippen molar-refractivity contribution in [1.82, 2.24) is 14.9 Å². The smallest absolute Gasteiger partial charge is 0.254 e. The molecule has 2 saturated heterocycles. The Balaban J connectivity index is 1.88. The van der Waals surface area contributed by atoms with Gasteiger partial charge in [-0.05, 0) is 32.7 Å². The van der Waals surface area contributed by atoms with Gasteiger partial charge < -0.3 is 15.0 Å². The van der Waals surface area contributed by atoms with E-state index in [4.69, 9.17) is 0 Å². The molecule has 1 aromatic heterocycles. The lowest BCUT2D eigenvalue weighted by Crippen LogP contribution is -2.39. The van der Waals surface area contributed by atoms with E-state index >= 15 is 0 Å². The fraction of sp³-hybridized carbons (Fsp3) is 0.667. The van der Waals surface area contributed by atoms with Crippen LogP contribution in [0.15, 0.2) is 10.9 Å². The van der Waals surface area contributed by atoms with E-state index in [2.05, 4.69) is 21.9 Å². The molecular formula is C12H17N3O2. The Morgan fingerprint density at radius 2 is 2.06 bits per heavy atom. The number of hydrogen-bond donors (Lipinski definition) is 2. The van der Waals surface area contributed by atoms with E-state index in [1.54, 1.807) is 0 Å². The van der Waals surface area contributed by atoms with Gasteiger partial charge in [0, 0.05) is 18.0 Å². The lowest BCUT2D eigenvalue weighted by atomic mass is 9.90. The number of rotatable bonds is 1. The van der Waals surface area contributed by atoms with Crippen molar-refractivity contribution < 1.29 is 5.11 Å². The lowest BCUT2D eigenvalue weighted by Gasteiger charge is -2.35. The largest absolute Gasteiger partial charge is 0.493 e. The average molecular weight is 235 g/mol. The summed E-state index contributed by atoms with van der Waals surface area (Å²) in [5.41, 5.74) is -0.265. The number of piperidine rings is 1. The Bertz CT molecular complexity index is 471. The second kappa shape index (κ2) is 3.84. The Hall–Kier alpha value is -1.36. The van der Waals surface area contributed by atoms with Crippen molar-refractivity contribution >= 4 is 0 Å². The van der Waals surface area contributed by atoms with E-state index in [1.165, 1.54) is 12.8 Å². The summed E-state index contributed by atoms with van der Waals surface area (Å²) in [4.78, 5) is 20.6. The number of fused-ring (bicyclic) bond motifs is 2. The molecule has 5 heteroatoms. The average Bonchev–Trinajstić information content (AvgIpc) is 2.51. The topological polar surface area (TPSA) is 69.2 Å². The molecule has 3 heterocycles. The van der Waals surface area contributed by atoms with Gasteiger partial charge in [0.15, 0.2) is 0 Å². The highest BCUT2D eigenvalue weighted by atomic mass is 16.3. The Morgan fingerprint density at radius 1 is 1.41 bits per heavy atom. The Labute approximate surface area is 99.5 Å². The normalized spacial score (nSPS) is 32.9. The molecule has 2 bridgehead atoms. The van der Waals surface area contributed by atoms with E-state index in [9.17, 15) is 9.90 Å². The van der Waals surface area contributed by atoms with Gasteiger partial charge in [0.1, 0.15) is 5.82 Å². The van der Waals surface area contributed by atoms with Crippen LogP contribution in [-0.2, 0) is 0 Å².